The number of nitriles is 1. The number of hydrogen-bond acceptors (Lipinski definition) is 3. The molecule has 0 aromatic heterocycles. The van der Waals surface area contributed by atoms with Gasteiger partial charge in [-0.05, 0) is 36.8 Å². The largest absolute Gasteiger partial charge is 0.496 e. The fraction of sp³-hybridized carbons (Fsp3) is 0.278. The lowest BCUT2D eigenvalue weighted by Crippen LogP contribution is -2.06. The summed E-state index contributed by atoms with van der Waals surface area (Å²) >= 11 is 5.99. The topological polar surface area (TPSA) is 42.2 Å². The number of rotatable bonds is 6. The minimum atomic E-state index is -0.260. The molecule has 0 amide bonds. The molecule has 1 unspecified atom stereocenters. The van der Waals surface area contributed by atoms with Crippen LogP contribution >= 0.6 is 11.6 Å². The van der Waals surface area contributed by atoms with Gasteiger partial charge in [-0.15, -0.1) is 0 Å². The second-order valence-electron chi connectivity index (χ2n) is 4.97. The first-order valence-corrected chi connectivity index (χ1v) is 7.45. The first-order valence-electron chi connectivity index (χ1n) is 7.07. The first-order chi connectivity index (χ1) is 10.7. The molecule has 0 bridgehead atoms. The lowest BCUT2D eigenvalue weighted by atomic mass is 9.96. The molecule has 0 saturated heterocycles. The van der Waals surface area contributed by atoms with Crippen molar-refractivity contribution in [3.05, 3.63) is 58.6 Å². The molecule has 2 aromatic carbocycles. The van der Waals surface area contributed by atoms with Crippen molar-refractivity contribution >= 4 is 11.6 Å². The highest BCUT2D eigenvalue weighted by atomic mass is 35.5. The molecule has 0 aliphatic carbocycles. The number of hydrogen-bond donors (Lipinski definition) is 0. The van der Waals surface area contributed by atoms with Crippen LogP contribution in [0.15, 0.2) is 42.5 Å². The Bertz CT molecular complexity index is 679. The number of aryl methyl sites for hydroxylation is 1. The van der Waals surface area contributed by atoms with Gasteiger partial charge in [0.2, 0.25) is 0 Å². The van der Waals surface area contributed by atoms with E-state index in [1.807, 2.05) is 49.4 Å². The Balaban J connectivity index is 1.99. The van der Waals surface area contributed by atoms with Crippen LogP contribution in [0.25, 0.3) is 0 Å². The van der Waals surface area contributed by atoms with Crippen LogP contribution in [0.3, 0.4) is 0 Å². The summed E-state index contributed by atoms with van der Waals surface area (Å²) in [4.78, 5) is 0. The average molecular weight is 316 g/mol. The lowest BCUT2D eigenvalue weighted by Gasteiger charge is -2.14. The molecule has 114 valence electrons. The van der Waals surface area contributed by atoms with Crippen LogP contribution in [0.4, 0.5) is 0 Å². The van der Waals surface area contributed by atoms with Crippen molar-refractivity contribution in [1.82, 2.24) is 0 Å². The fourth-order valence-electron chi connectivity index (χ4n) is 2.25. The van der Waals surface area contributed by atoms with Crippen LogP contribution in [0.1, 0.15) is 23.5 Å². The van der Waals surface area contributed by atoms with E-state index >= 15 is 0 Å². The number of ether oxygens (including phenoxy) is 2. The van der Waals surface area contributed by atoms with Crippen LogP contribution in [-0.4, -0.2) is 13.7 Å². The SMILES string of the molecule is COc1ccccc1C(C#N)CCOc1ccc(Cl)c(C)c1. The smallest absolute Gasteiger partial charge is 0.123 e. The van der Waals surface area contributed by atoms with Crippen molar-refractivity contribution in [2.45, 2.75) is 19.3 Å². The van der Waals surface area contributed by atoms with Crippen molar-refractivity contribution in [1.29, 1.82) is 5.26 Å². The van der Waals surface area contributed by atoms with Crippen LogP contribution in [0, 0.1) is 18.3 Å². The van der Waals surface area contributed by atoms with Crippen LogP contribution in [-0.2, 0) is 0 Å². The third kappa shape index (κ3) is 3.93. The van der Waals surface area contributed by atoms with Gasteiger partial charge in [0.05, 0.1) is 25.7 Å². The Kier molecular flexibility index (Phi) is 5.68. The highest BCUT2D eigenvalue weighted by Gasteiger charge is 2.15. The van der Waals surface area contributed by atoms with Gasteiger partial charge in [0.15, 0.2) is 0 Å². The Morgan fingerprint density at radius 1 is 1.23 bits per heavy atom. The van der Waals surface area contributed by atoms with E-state index in [1.54, 1.807) is 7.11 Å². The Hall–Kier alpha value is -2.18. The molecule has 4 heteroatoms. The zero-order chi connectivity index (χ0) is 15.9. The highest BCUT2D eigenvalue weighted by Crippen LogP contribution is 2.29. The third-order valence-electron chi connectivity index (χ3n) is 3.47. The van der Waals surface area contributed by atoms with Gasteiger partial charge in [0.1, 0.15) is 11.5 Å². The minimum Gasteiger partial charge on any atom is -0.496 e. The number of halogens is 1. The maximum absolute atomic E-state index is 9.40. The maximum atomic E-state index is 9.40. The minimum absolute atomic E-state index is 0.260. The molecule has 1 atom stereocenters. The van der Waals surface area contributed by atoms with Gasteiger partial charge < -0.3 is 9.47 Å². The van der Waals surface area contributed by atoms with E-state index in [0.29, 0.717) is 13.0 Å². The standard InChI is InChI=1S/C18H18ClNO2/c1-13-11-15(7-8-17(13)19)22-10-9-14(12-20)16-5-3-4-6-18(16)21-2/h3-8,11,14H,9-10H2,1-2H3. The van der Waals surface area contributed by atoms with Crippen LogP contribution < -0.4 is 9.47 Å². The predicted molar refractivity (Wildman–Crippen MR) is 87.6 cm³/mol. The molecule has 2 aromatic rings. The fourth-order valence-corrected chi connectivity index (χ4v) is 2.36. The van der Waals surface area contributed by atoms with Gasteiger partial charge in [0.25, 0.3) is 0 Å². The Labute approximate surface area is 136 Å². The van der Waals surface area contributed by atoms with E-state index in [4.69, 9.17) is 21.1 Å². The molecular formula is C18H18ClNO2. The summed E-state index contributed by atoms with van der Waals surface area (Å²) in [5.74, 6) is 1.24. The number of methoxy groups -OCH3 is 1. The van der Waals surface area contributed by atoms with Crippen molar-refractivity contribution < 1.29 is 9.47 Å². The molecule has 2 rings (SSSR count). The van der Waals surface area contributed by atoms with Crippen LogP contribution in [0.5, 0.6) is 11.5 Å². The molecule has 0 saturated carbocycles. The molecule has 0 spiro atoms. The molecule has 22 heavy (non-hydrogen) atoms. The summed E-state index contributed by atoms with van der Waals surface area (Å²) in [6, 6.07) is 15.4. The van der Waals surface area contributed by atoms with E-state index in [2.05, 4.69) is 6.07 Å². The highest BCUT2D eigenvalue weighted by molar-refractivity contribution is 6.31. The molecule has 0 N–H and O–H groups in total. The lowest BCUT2D eigenvalue weighted by molar-refractivity contribution is 0.304. The van der Waals surface area contributed by atoms with E-state index in [1.165, 1.54) is 0 Å². The number of nitrogens with zero attached hydrogens (tertiary/aromatic N) is 1. The normalized spacial score (nSPS) is 11.5. The molecule has 0 radical (unpaired) electrons. The Morgan fingerprint density at radius 3 is 2.68 bits per heavy atom. The summed E-state index contributed by atoms with van der Waals surface area (Å²) in [5, 5.41) is 10.1. The van der Waals surface area contributed by atoms with E-state index in [0.717, 1.165) is 27.6 Å². The zero-order valence-electron chi connectivity index (χ0n) is 12.7. The summed E-state index contributed by atoms with van der Waals surface area (Å²) in [7, 11) is 1.61. The second-order valence-corrected chi connectivity index (χ2v) is 5.38. The summed E-state index contributed by atoms with van der Waals surface area (Å²) in [6.45, 7) is 2.39. The third-order valence-corrected chi connectivity index (χ3v) is 3.90. The van der Waals surface area contributed by atoms with Gasteiger partial charge in [-0.1, -0.05) is 29.8 Å². The van der Waals surface area contributed by atoms with Gasteiger partial charge in [-0.3, -0.25) is 0 Å². The van der Waals surface area contributed by atoms with Gasteiger partial charge in [0, 0.05) is 17.0 Å². The van der Waals surface area contributed by atoms with E-state index in [9.17, 15) is 5.26 Å². The number of para-hydroxylation sites is 1. The molecule has 0 aliphatic rings. The maximum Gasteiger partial charge on any atom is 0.123 e. The van der Waals surface area contributed by atoms with Gasteiger partial charge >= 0.3 is 0 Å². The molecule has 0 aliphatic heterocycles. The summed E-state index contributed by atoms with van der Waals surface area (Å²) < 4.78 is 11.0. The average Bonchev–Trinajstić information content (AvgIpc) is 2.55. The molecule has 0 heterocycles. The van der Waals surface area contributed by atoms with Crippen molar-refractivity contribution in [3.8, 4) is 17.6 Å². The van der Waals surface area contributed by atoms with E-state index < -0.39 is 0 Å². The predicted octanol–water partition coefficient (Wildman–Crippen LogP) is 4.73. The second kappa shape index (κ2) is 7.72. The summed E-state index contributed by atoms with van der Waals surface area (Å²) in [6.07, 6.45) is 0.596. The summed E-state index contributed by atoms with van der Waals surface area (Å²) in [5.41, 5.74) is 1.86. The van der Waals surface area contributed by atoms with Gasteiger partial charge in [-0.25, -0.2) is 0 Å². The van der Waals surface area contributed by atoms with Crippen LogP contribution in [0.2, 0.25) is 5.02 Å². The number of benzene rings is 2. The van der Waals surface area contributed by atoms with Crippen molar-refractivity contribution in [2.75, 3.05) is 13.7 Å². The Morgan fingerprint density at radius 2 is 2.00 bits per heavy atom. The molecule has 0 fully saturated rings. The van der Waals surface area contributed by atoms with Gasteiger partial charge in [-0.2, -0.15) is 5.26 Å². The monoisotopic (exact) mass is 315 g/mol. The molecular weight excluding hydrogens is 298 g/mol. The van der Waals surface area contributed by atoms with Crippen molar-refractivity contribution in [3.63, 3.8) is 0 Å². The quantitative estimate of drug-likeness (QED) is 0.773. The van der Waals surface area contributed by atoms with Crippen molar-refractivity contribution in [2.24, 2.45) is 0 Å². The first kappa shape index (κ1) is 16.2. The molecule has 3 nitrogen and oxygen atoms in total. The zero-order valence-corrected chi connectivity index (χ0v) is 13.4. The van der Waals surface area contributed by atoms with E-state index in [-0.39, 0.29) is 5.92 Å².